The van der Waals surface area contributed by atoms with Crippen LogP contribution in [-0.4, -0.2) is 28.3 Å². The number of urea groups is 1. The number of guanidine groups is 1. The number of nitrogens with zero attached hydrogens (tertiary/aromatic N) is 1. The van der Waals surface area contributed by atoms with E-state index < -0.39 is 11.6 Å². The molecule has 0 aromatic heterocycles. The van der Waals surface area contributed by atoms with Gasteiger partial charge in [-0.05, 0) is 55.2 Å². The molecular formula is C22H25Cl2N5O2. The van der Waals surface area contributed by atoms with E-state index in [0.29, 0.717) is 33.8 Å². The summed E-state index contributed by atoms with van der Waals surface area (Å²) in [5.41, 5.74) is 1.04. The Bertz CT molecular complexity index is 1010. The Morgan fingerprint density at radius 1 is 1.13 bits per heavy atom. The summed E-state index contributed by atoms with van der Waals surface area (Å²) >= 11 is 11.9. The highest BCUT2D eigenvalue weighted by Gasteiger charge is 2.45. The molecule has 0 radical (unpaired) electrons. The van der Waals surface area contributed by atoms with Crippen molar-refractivity contribution in [3.8, 4) is 0 Å². The van der Waals surface area contributed by atoms with Crippen LogP contribution in [0.15, 0.2) is 42.5 Å². The SMILES string of the molecule is CC(C)CC1(C)NC(=N)N(Cc2cccc(NC(=O)Nc3cc(Cl)cc(Cl)c3)c2)C1=O. The van der Waals surface area contributed by atoms with E-state index >= 15 is 0 Å². The minimum absolute atomic E-state index is 0.0853. The van der Waals surface area contributed by atoms with Gasteiger partial charge in [0, 0.05) is 21.4 Å². The molecule has 0 saturated carbocycles. The zero-order chi connectivity index (χ0) is 22.8. The number of hydrogen-bond donors (Lipinski definition) is 4. The van der Waals surface area contributed by atoms with Gasteiger partial charge in [-0.25, -0.2) is 4.79 Å². The molecule has 4 N–H and O–H groups in total. The number of halogens is 2. The van der Waals surface area contributed by atoms with E-state index in [1.165, 1.54) is 4.90 Å². The first-order valence-corrected chi connectivity index (χ1v) is 10.6. The molecular weight excluding hydrogens is 437 g/mol. The minimum atomic E-state index is -0.779. The van der Waals surface area contributed by atoms with Crippen molar-refractivity contribution in [3.63, 3.8) is 0 Å². The summed E-state index contributed by atoms with van der Waals surface area (Å²) in [5.74, 6) is 0.275. The Hall–Kier alpha value is -2.77. The number of hydrogen-bond acceptors (Lipinski definition) is 3. The molecule has 2 aromatic rings. The van der Waals surface area contributed by atoms with Crippen molar-refractivity contribution < 1.29 is 9.59 Å². The molecule has 1 atom stereocenters. The molecule has 7 nitrogen and oxygen atoms in total. The van der Waals surface area contributed by atoms with Crippen LogP contribution in [0.5, 0.6) is 0 Å². The number of carbonyl (C=O) groups is 2. The summed E-state index contributed by atoms with van der Waals surface area (Å²) in [7, 11) is 0. The standard InChI is InChI=1S/C22H25Cl2N5O2/c1-13(2)11-22(3)19(30)29(20(25)28-22)12-14-5-4-6-17(7-14)26-21(31)27-18-9-15(23)8-16(24)10-18/h4-10,13H,11-12H2,1-3H3,(H2,25,28)(H2,26,27,31). The molecule has 1 unspecified atom stereocenters. The van der Waals surface area contributed by atoms with E-state index in [4.69, 9.17) is 28.6 Å². The molecule has 1 aliphatic rings. The summed E-state index contributed by atoms with van der Waals surface area (Å²) < 4.78 is 0. The maximum Gasteiger partial charge on any atom is 0.323 e. The molecule has 164 valence electrons. The second kappa shape index (κ2) is 9.16. The first-order valence-electron chi connectivity index (χ1n) is 9.87. The van der Waals surface area contributed by atoms with Crippen molar-refractivity contribution in [2.75, 3.05) is 10.6 Å². The van der Waals surface area contributed by atoms with Gasteiger partial charge in [0.25, 0.3) is 5.91 Å². The maximum atomic E-state index is 12.9. The van der Waals surface area contributed by atoms with E-state index in [-0.39, 0.29) is 18.4 Å². The van der Waals surface area contributed by atoms with Crippen molar-refractivity contribution in [2.45, 2.75) is 39.3 Å². The third-order valence-electron chi connectivity index (χ3n) is 4.84. The first kappa shape index (κ1) is 22.9. The lowest BCUT2D eigenvalue weighted by atomic mass is 9.91. The Balaban J connectivity index is 1.67. The molecule has 3 amide bonds. The Kier molecular flexibility index (Phi) is 6.77. The van der Waals surface area contributed by atoms with Crippen LogP contribution in [0.1, 0.15) is 32.8 Å². The molecule has 31 heavy (non-hydrogen) atoms. The Labute approximate surface area is 191 Å². The van der Waals surface area contributed by atoms with E-state index in [2.05, 4.69) is 16.0 Å². The average Bonchev–Trinajstić information content (AvgIpc) is 2.83. The monoisotopic (exact) mass is 461 g/mol. The van der Waals surface area contributed by atoms with Crippen LogP contribution >= 0.6 is 23.2 Å². The van der Waals surface area contributed by atoms with Crippen LogP contribution in [0.2, 0.25) is 10.0 Å². The summed E-state index contributed by atoms with van der Waals surface area (Å²) in [4.78, 5) is 26.7. The smallest absolute Gasteiger partial charge is 0.323 e. The van der Waals surface area contributed by atoms with Crippen LogP contribution in [0.25, 0.3) is 0 Å². The van der Waals surface area contributed by atoms with E-state index in [1.807, 2.05) is 26.8 Å². The van der Waals surface area contributed by atoms with Crippen LogP contribution in [-0.2, 0) is 11.3 Å². The molecule has 9 heteroatoms. The van der Waals surface area contributed by atoms with Gasteiger partial charge in [-0.3, -0.25) is 15.1 Å². The predicted octanol–water partition coefficient (Wildman–Crippen LogP) is 5.31. The van der Waals surface area contributed by atoms with Crippen LogP contribution in [0, 0.1) is 11.3 Å². The van der Waals surface area contributed by atoms with Gasteiger partial charge in [-0.2, -0.15) is 0 Å². The van der Waals surface area contributed by atoms with Gasteiger partial charge in [-0.1, -0.05) is 49.2 Å². The maximum absolute atomic E-state index is 12.9. The molecule has 0 aliphatic carbocycles. The van der Waals surface area contributed by atoms with Gasteiger partial charge >= 0.3 is 6.03 Å². The van der Waals surface area contributed by atoms with Crippen molar-refractivity contribution >= 4 is 52.5 Å². The molecule has 1 saturated heterocycles. The normalized spacial score (nSPS) is 18.3. The fourth-order valence-corrected chi connectivity index (χ4v) is 4.26. The molecule has 1 aliphatic heterocycles. The van der Waals surface area contributed by atoms with Crippen LogP contribution in [0.4, 0.5) is 16.2 Å². The highest BCUT2D eigenvalue weighted by molar-refractivity contribution is 6.35. The number of anilines is 2. The third kappa shape index (κ3) is 5.68. The van der Waals surface area contributed by atoms with Crippen molar-refractivity contribution in [3.05, 3.63) is 58.1 Å². The van der Waals surface area contributed by atoms with Gasteiger partial charge in [-0.15, -0.1) is 0 Å². The van der Waals surface area contributed by atoms with E-state index in [1.54, 1.807) is 36.4 Å². The fraction of sp³-hybridized carbons (Fsp3) is 0.318. The first-order chi connectivity index (χ1) is 14.6. The second-order valence-electron chi connectivity index (χ2n) is 8.23. The van der Waals surface area contributed by atoms with Gasteiger partial charge in [0.15, 0.2) is 5.96 Å². The zero-order valence-corrected chi connectivity index (χ0v) is 19.1. The lowest BCUT2D eigenvalue weighted by Gasteiger charge is -2.24. The zero-order valence-electron chi connectivity index (χ0n) is 17.6. The van der Waals surface area contributed by atoms with Crippen LogP contribution in [0.3, 0.4) is 0 Å². The summed E-state index contributed by atoms with van der Waals surface area (Å²) in [6.07, 6.45) is 0.639. The number of amides is 3. The minimum Gasteiger partial charge on any atom is -0.342 e. The largest absolute Gasteiger partial charge is 0.342 e. The highest BCUT2D eigenvalue weighted by Crippen LogP contribution is 2.26. The van der Waals surface area contributed by atoms with Crippen molar-refractivity contribution in [2.24, 2.45) is 5.92 Å². The number of benzene rings is 2. The van der Waals surface area contributed by atoms with Crippen molar-refractivity contribution in [1.82, 2.24) is 10.2 Å². The number of nitrogens with one attached hydrogen (secondary N) is 4. The molecule has 0 spiro atoms. The third-order valence-corrected chi connectivity index (χ3v) is 5.28. The quantitative estimate of drug-likeness (QED) is 0.469. The van der Waals surface area contributed by atoms with Crippen LogP contribution < -0.4 is 16.0 Å². The highest BCUT2D eigenvalue weighted by atomic mass is 35.5. The van der Waals surface area contributed by atoms with E-state index in [9.17, 15) is 9.59 Å². The molecule has 2 aromatic carbocycles. The van der Waals surface area contributed by atoms with E-state index in [0.717, 1.165) is 5.56 Å². The second-order valence-corrected chi connectivity index (χ2v) is 9.11. The topological polar surface area (TPSA) is 97.3 Å². The molecule has 1 heterocycles. The lowest BCUT2D eigenvalue weighted by Crippen LogP contribution is -2.44. The fourth-order valence-electron chi connectivity index (χ4n) is 3.74. The molecule has 1 fully saturated rings. The van der Waals surface area contributed by atoms with Gasteiger partial charge in [0.1, 0.15) is 5.54 Å². The number of carbonyl (C=O) groups excluding carboxylic acids is 2. The summed E-state index contributed by atoms with van der Waals surface area (Å²) in [6, 6.07) is 11.4. The molecule has 0 bridgehead atoms. The lowest BCUT2D eigenvalue weighted by molar-refractivity contribution is -0.131. The van der Waals surface area contributed by atoms with Gasteiger partial charge < -0.3 is 16.0 Å². The summed E-state index contributed by atoms with van der Waals surface area (Å²) in [6.45, 7) is 6.15. The van der Waals surface area contributed by atoms with Gasteiger partial charge in [0.05, 0.1) is 6.54 Å². The summed E-state index contributed by atoms with van der Waals surface area (Å²) in [5, 5.41) is 17.5. The Morgan fingerprint density at radius 2 is 1.77 bits per heavy atom. The average molecular weight is 462 g/mol. The predicted molar refractivity (Wildman–Crippen MR) is 125 cm³/mol. The van der Waals surface area contributed by atoms with Gasteiger partial charge in [0.2, 0.25) is 0 Å². The Morgan fingerprint density at radius 3 is 2.42 bits per heavy atom. The van der Waals surface area contributed by atoms with Crippen molar-refractivity contribution in [1.29, 1.82) is 5.41 Å². The molecule has 3 rings (SSSR count). The number of rotatable bonds is 6.